The molecule has 0 bridgehead atoms. The first-order valence-corrected chi connectivity index (χ1v) is 20.3. The van der Waals surface area contributed by atoms with Crippen LogP contribution in [0.3, 0.4) is 0 Å². The van der Waals surface area contributed by atoms with Crippen LogP contribution >= 0.6 is 0 Å². The first-order valence-electron chi connectivity index (χ1n) is 20.3. The van der Waals surface area contributed by atoms with Crippen LogP contribution in [0.2, 0.25) is 0 Å². The quantitative estimate of drug-likeness (QED) is 0.125. The molecule has 8 atom stereocenters. The summed E-state index contributed by atoms with van der Waals surface area (Å²) in [6, 6.07) is 16.7. The molecule has 1 heterocycles. The van der Waals surface area contributed by atoms with E-state index in [0.29, 0.717) is 44.6 Å². The fraction of sp³-hybridized carbons (Fsp3) is 0.689. The van der Waals surface area contributed by atoms with Gasteiger partial charge < -0.3 is 29.2 Å². The normalized spacial score (nSPS) is 24.0. The number of methoxy groups -OCH3 is 1. The van der Waals surface area contributed by atoms with Crippen molar-refractivity contribution < 1.29 is 48.3 Å². The van der Waals surface area contributed by atoms with Gasteiger partial charge in [-0.3, -0.25) is 19.2 Å². The SMILES string of the molecule is CCC(C)(CCCC(C)(CC(C)(CC(C)C(=O)OC(C)(C)C1CCC(C)CC1O)C(=O)OC)C(=O)OC1CCCCO1)C(=O)O.c1ccc2ccccc2c1. The molecule has 2 aromatic carbocycles. The van der Waals surface area contributed by atoms with E-state index < -0.39 is 64.0 Å². The molecule has 0 radical (unpaired) electrons. The molecule has 55 heavy (non-hydrogen) atoms. The van der Waals surface area contributed by atoms with Crippen LogP contribution in [0.15, 0.2) is 48.5 Å². The molecule has 8 unspecified atom stereocenters. The van der Waals surface area contributed by atoms with E-state index in [1.165, 1.54) is 17.9 Å². The lowest BCUT2D eigenvalue weighted by Crippen LogP contribution is -2.47. The summed E-state index contributed by atoms with van der Waals surface area (Å²) in [5.41, 5.74) is -4.30. The molecule has 10 nitrogen and oxygen atoms in total. The number of rotatable bonds is 16. The van der Waals surface area contributed by atoms with Gasteiger partial charge in [0.05, 0.1) is 42.0 Å². The number of aliphatic hydroxyl groups is 1. The van der Waals surface area contributed by atoms with E-state index in [1.807, 2.05) is 20.8 Å². The van der Waals surface area contributed by atoms with Gasteiger partial charge in [0, 0.05) is 12.3 Å². The molecule has 0 spiro atoms. The van der Waals surface area contributed by atoms with Gasteiger partial charge in [-0.1, -0.05) is 82.1 Å². The summed E-state index contributed by atoms with van der Waals surface area (Å²) < 4.78 is 22.7. The van der Waals surface area contributed by atoms with Gasteiger partial charge in [0.15, 0.2) is 0 Å². The van der Waals surface area contributed by atoms with Crippen molar-refractivity contribution in [1.29, 1.82) is 0 Å². The average molecular weight is 769 g/mol. The molecule has 1 aliphatic heterocycles. The van der Waals surface area contributed by atoms with Crippen molar-refractivity contribution in [1.82, 2.24) is 0 Å². The third kappa shape index (κ3) is 12.8. The number of aliphatic carboxylic acids is 1. The van der Waals surface area contributed by atoms with E-state index in [1.54, 1.807) is 27.7 Å². The fourth-order valence-electron chi connectivity index (χ4n) is 8.46. The first-order chi connectivity index (χ1) is 25.8. The van der Waals surface area contributed by atoms with Gasteiger partial charge in [-0.25, -0.2) is 0 Å². The Labute approximate surface area is 329 Å². The molecule has 1 saturated heterocycles. The van der Waals surface area contributed by atoms with Crippen molar-refractivity contribution in [2.75, 3.05) is 13.7 Å². The minimum absolute atomic E-state index is 0.0222. The predicted molar refractivity (Wildman–Crippen MR) is 213 cm³/mol. The molecule has 2 aliphatic rings. The van der Waals surface area contributed by atoms with Crippen LogP contribution in [-0.2, 0) is 38.1 Å². The first kappa shape index (κ1) is 45.9. The molecule has 2 aromatic rings. The average Bonchev–Trinajstić information content (AvgIpc) is 3.14. The van der Waals surface area contributed by atoms with Crippen molar-refractivity contribution >= 4 is 34.6 Å². The number of aliphatic hydroxyl groups excluding tert-OH is 1. The van der Waals surface area contributed by atoms with Gasteiger partial charge in [-0.2, -0.15) is 0 Å². The van der Waals surface area contributed by atoms with E-state index in [4.69, 9.17) is 18.9 Å². The van der Waals surface area contributed by atoms with Crippen molar-refractivity contribution in [2.45, 2.75) is 150 Å². The largest absolute Gasteiger partial charge is 0.481 e. The molecule has 0 amide bonds. The second-order valence-electron chi connectivity index (χ2n) is 17.6. The molecule has 10 heteroatoms. The Hall–Kier alpha value is -3.50. The van der Waals surface area contributed by atoms with E-state index in [2.05, 4.69) is 55.5 Å². The van der Waals surface area contributed by atoms with Crippen LogP contribution in [0.1, 0.15) is 132 Å². The van der Waals surface area contributed by atoms with Crippen molar-refractivity contribution in [3.63, 3.8) is 0 Å². The van der Waals surface area contributed by atoms with Gasteiger partial charge >= 0.3 is 23.9 Å². The molecule has 0 aromatic heterocycles. The van der Waals surface area contributed by atoms with E-state index >= 15 is 0 Å². The zero-order valence-corrected chi connectivity index (χ0v) is 34.9. The number of hydrogen-bond acceptors (Lipinski definition) is 9. The molecule has 2 N–H and O–H groups in total. The molecular formula is C45H68O10. The van der Waals surface area contributed by atoms with E-state index in [9.17, 15) is 29.4 Å². The van der Waals surface area contributed by atoms with E-state index in [0.717, 1.165) is 25.7 Å². The molecule has 2 fully saturated rings. The predicted octanol–water partition coefficient (Wildman–Crippen LogP) is 9.29. The molecular weight excluding hydrogens is 700 g/mol. The summed E-state index contributed by atoms with van der Waals surface area (Å²) in [7, 11) is 1.28. The molecule has 4 rings (SSSR count). The molecule has 1 aliphatic carbocycles. The third-order valence-electron chi connectivity index (χ3n) is 12.2. The maximum Gasteiger partial charge on any atom is 0.314 e. The summed E-state index contributed by atoms with van der Waals surface area (Å²) in [4.78, 5) is 52.7. The van der Waals surface area contributed by atoms with Crippen LogP contribution in [0, 0.1) is 34.0 Å². The summed E-state index contributed by atoms with van der Waals surface area (Å²) >= 11 is 0. The smallest absolute Gasteiger partial charge is 0.314 e. The Bertz CT molecular complexity index is 1500. The number of fused-ring (bicyclic) bond motifs is 1. The summed E-state index contributed by atoms with van der Waals surface area (Å²) in [5.74, 6) is -2.96. The number of ether oxygens (including phenoxy) is 4. The Morgan fingerprint density at radius 1 is 0.855 bits per heavy atom. The monoisotopic (exact) mass is 768 g/mol. The maximum atomic E-state index is 13.8. The lowest BCUT2D eigenvalue weighted by molar-refractivity contribution is -0.199. The van der Waals surface area contributed by atoms with Crippen LogP contribution in [0.4, 0.5) is 0 Å². The third-order valence-corrected chi connectivity index (χ3v) is 12.2. The number of hydrogen-bond donors (Lipinski definition) is 2. The fourth-order valence-corrected chi connectivity index (χ4v) is 8.46. The highest BCUT2D eigenvalue weighted by Gasteiger charge is 2.49. The Morgan fingerprint density at radius 2 is 1.44 bits per heavy atom. The number of carbonyl (C=O) groups excluding carboxylic acids is 3. The number of esters is 3. The standard InChI is InChI=1S/C35H60O10.C10H8/c1-10-33(6,29(38)39)17-13-18-34(7,31(41)44-27-14-11-12-19-43-27)22-35(8,30(40)42-9)21-24(3)28(37)45-32(4,5)25-16-15-23(2)20-26(25)36;1-2-6-10-8-4-3-7-9(10)5-1/h23-27,36H,10-22H2,1-9H3,(H,38,39);1-8H. The van der Waals surface area contributed by atoms with Gasteiger partial charge in [0.2, 0.25) is 6.29 Å². The molecule has 1 saturated carbocycles. The van der Waals surface area contributed by atoms with Crippen LogP contribution in [0.25, 0.3) is 10.8 Å². The van der Waals surface area contributed by atoms with Crippen LogP contribution < -0.4 is 0 Å². The highest BCUT2D eigenvalue weighted by atomic mass is 16.7. The Balaban J connectivity index is 0.000000690. The van der Waals surface area contributed by atoms with Crippen LogP contribution in [-0.4, -0.2) is 65.8 Å². The highest BCUT2D eigenvalue weighted by Crippen LogP contribution is 2.46. The second kappa shape index (κ2) is 20.1. The minimum Gasteiger partial charge on any atom is -0.481 e. The number of carbonyl (C=O) groups is 4. The van der Waals surface area contributed by atoms with Crippen molar-refractivity contribution in [3.8, 4) is 0 Å². The van der Waals surface area contributed by atoms with Crippen molar-refractivity contribution in [2.24, 2.45) is 34.0 Å². The van der Waals surface area contributed by atoms with Crippen molar-refractivity contribution in [3.05, 3.63) is 48.5 Å². The van der Waals surface area contributed by atoms with Gasteiger partial charge in [0.1, 0.15) is 5.60 Å². The Morgan fingerprint density at radius 3 is 1.93 bits per heavy atom. The van der Waals surface area contributed by atoms with Gasteiger partial charge in [0.25, 0.3) is 0 Å². The Kier molecular flexibility index (Phi) is 16.8. The maximum absolute atomic E-state index is 13.8. The highest BCUT2D eigenvalue weighted by molar-refractivity contribution is 5.83. The number of carboxylic acid groups (broad SMARTS) is 1. The minimum atomic E-state index is -1.26. The zero-order chi connectivity index (χ0) is 41.0. The lowest BCUT2D eigenvalue weighted by atomic mass is 9.66. The molecule has 308 valence electrons. The number of benzene rings is 2. The number of carboxylic acids is 1. The summed E-state index contributed by atoms with van der Waals surface area (Å²) in [6.07, 6.45) is 5.01. The van der Waals surface area contributed by atoms with Crippen LogP contribution in [0.5, 0.6) is 0 Å². The summed E-state index contributed by atoms with van der Waals surface area (Å²) in [6.45, 7) is 14.9. The van der Waals surface area contributed by atoms with Gasteiger partial charge in [-0.15, -0.1) is 0 Å². The van der Waals surface area contributed by atoms with Gasteiger partial charge in [-0.05, 0) is 109 Å². The topological polar surface area (TPSA) is 146 Å². The second-order valence-corrected chi connectivity index (χ2v) is 17.6. The summed E-state index contributed by atoms with van der Waals surface area (Å²) in [5, 5.41) is 23.2. The zero-order valence-electron chi connectivity index (χ0n) is 34.9. The van der Waals surface area contributed by atoms with E-state index in [-0.39, 0.29) is 25.2 Å². The lowest BCUT2D eigenvalue weighted by Gasteiger charge is -2.42.